The molecule has 0 bridgehead atoms. The van der Waals surface area contributed by atoms with Crippen molar-refractivity contribution < 1.29 is 28.6 Å². The molecular weight excluding hydrogens is 338 g/mol. The zero-order valence-electron chi connectivity index (χ0n) is 15.1. The van der Waals surface area contributed by atoms with E-state index in [4.69, 9.17) is 14.2 Å². The lowest BCUT2D eigenvalue weighted by Crippen LogP contribution is -2.39. The predicted molar refractivity (Wildman–Crippen MR) is 91.7 cm³/mol. The second kappa shape index (κ2) is 10.9. The first-order valence-electron chi connectivity index (χ1n) is 8.46. The molecule has 140 valence electrons. The molecule has 1 aromatic carbocycles. The molecule has 0 radical (unpaired) electrons. The fourth-order valence-corrected chi connectivity index (χ4v) is 2.62. The van der Waals surface area contributed by atoms with Gasteiger partial charge in [0.25, 0.3) is 0 Å². The number of rotatable bonds is 9. The lowest BCUT2D eigenvalue weighted by Gasteiger charge is -2.27. The Hall–Kier alpha value is -2.88. The lowest BCUT2D eigenvalue weighted by molar-refractivity contribution is -0.164. The third kappa shape index (κ3) is 5.31. The summed E-state index contributed by atoms with van der Waals surface area (Å²) in [5.74, 6) is -6.39. The lowest BCUT2D eigenvalue weighted by atomic mass is 9.77. The van der Waals surface area contributed by atoms with E-state index in [2.05, 4.69) is 0 Å². The summed E-state index contributed by atoms with van der Waals surface area (Å²) < 4.78 is 15.0. The second-order valence-corrected chi connectivity index (χ2v) is 5.28. The van der Waals surface area contributed by atoms with Crippen LogP contribution in [-0.2, 0) is 28.6 Å². The molecule has 0 aliphatic rings. The molecule has 0 aliphatic heterocycles. The van der Waals surface area contributed by atoms with E-state index in [-0.39, 0.29) is 19.8 Å². The Bertz CT molecular complexity index is 634. The van der Waals surface area contributed by atoms with Crippen molar-refractivity contribution in [3.8, 4) is 6.07 Å². The van der Waals surface area contributed by atoms with E-state index in [1.54, 1.807) is 51.1 Å². The summed E-state index contributed by atoms with van der Waals surface area (Å²) in [6, 6.07) is 10.3. The second-order valence-electron chi connectivity index (χ2n) is 5.28. The molecule has 0 fully saturated rings. The standard InChI is InChI=1S/C19H23NO6/c1-4-24-17(21)14(12-20)15(13-10-8-7-9-11-13)16(18(22)25-5-2)19(23)26-6-3/h7-11,14-16H,4-6H2,1-3H3/t14-,15-/m1/s1. The van der Waals surface area contributed by atoms with E-state index in [9.17, 15) is 19.6 Å². The van der Waals surface area contributed by atoms with Gasteiger partial charge in [0.05, 0.1) is 25.9 Å². The summed E-state index contributed by atoms with van der Waals surface area (Å²) in [6.07, 6.45) is 0. The molecular formula is C19H23NO6. The summed E-state index contributed by atoms with van der Waals surface area (Å²) in [7, 11) is 0. The van der Waals surface area contributed by atoms with Gasteiger partial charge in [0, 0.05) is 5.92 Å². The number of esters is 3. The summed E-state index contributed by atoms with van der Waals surface area (Å²) in [5, 5.41) is 9.57. The first kappa shape index (κ1) is 21.2. The van der Waals surface area contributed by atoms with Crippen molar-refractivity contribution in [2.45, 2.75) is 26.7 Å². The molecule has 1 rings (SSSR count). The van der Waals surface area contributed by atoms with Gasteiger partial charge >= 0.3 is 17.9 Å². The van der Waals surface area contributed by atoms with Gasteiger partial charge in [-0.25, -0.2) is 0 Å². The van der Waals surface area contributed by atoms with E-state index in [0.29, 0.717) is 5.56 Å². The van der Waals surface area contributed by atoms with Crippen LogP contribution >= 0.6 is 0 Å². The molecule has 0 unspecified atom stereocenters. The van der Waals surface area contributed by atoms with Crippen molar-refractivity contribution in [2.24, 2.45) is 11.8 Å². The number of carbonyl (C=O) groups is 3. The van der Waals surface area contributed by atoms with Gasteiger partial charge in [-0.3, -0.25) is 14.4 Å². The first-order chi connectivity index (χ1) is 12.5. The van der Waals surface area contributed by atoms with Gasteiger partial charge in [-0.15, -0.1) is 0 Å². The van der Waals surface area contributed by atoms with Gasteiger partial charge in [-0.05, 0) is 26.3 Å². The fourth-order valence-electron chi connectivity index (χ4n) is 2.62. The van der Waals surface area contributed by atoms with Crippen LogP contribution in [0, 0.1) is 23.2 Å². The highest BCUT2D eigenvalue weighted by molar-refractivity contribution is 5.97. The minimum atomic E-state index is -1.45. The molecule has 0 aliphatic carbocycles. The van der Waals surface area contributed by atoms with Gasteiger partial charge in [-0.1, -0.05) is 30.3 Å². The largest absolute Gasteiger partial charge is 0.465 e. The molecule has 0 amide bonds. The average molecular weight is 361 g/mol. The number of ether oxygens (including phenoxy) is 3. The van der Waals surface area contributed by atoms with E-state index < -0.39 is 35.7 Å². The van der Waals surface area contributed by atoms with Crippen LogP contribution in [0.15, 0.2) is 30.3 Å². The number of hydrogen-bond acceptors (Lipinski definition) is 7. The van der Waals surface area contributed by atoms with Crippen LogP contribution in [0.5, 0.6) is 0 Å². The molecule has 26 heavy (non-hydrogen) atoms. The summed E-state index contributed by atoms with van der Waals surface area (Å²) in [6.45, 7) is 4.98. The van der Waals surface area contributed by atoms with Crippen LogP contribution in [0.3, 0.4) is 0 Å². The molecule has 0 N–H and O–H groups in total. The number of nitrogens with zero attached hydrogens (tertiary/aromatic N) is 1. The molecule has 0 aromatic heterocycles. The van der Waals surface area contributed by atoms with Gasteiger partial charge in [0.15, 0.2) is 11.8 Å². The van der Waals surface area contributed by atoms with Crippen LogP contribution in [0.1, 0.15) is 32.3 Å². The predicted octanol–water partition coefficient (Wildman–Crippen LogP) is 2.22. The smallest absolute Gasteiger partial charge is 0.324 e. The molecule has 0 heterocycles. The van der Waals surface area contributed by atoms with E-state index >= 15 is 0 Å². The number of carbonyl (C=O) groups excluding carboxylic acids is 3. The Kier molecular flexibility index (Phi) is 8.85. The minimum absolute atomic E-state index is 0.0485. The van der Waals surface area contributed by atoms with Crippen LogP contribution in [0.2, 0.25) is 0 Å². The maximum absolute atomic E-state index is 12.5. The van der Waals surface area contributed by atoms with Crippen LogP contribution < -0.4 is 0 Å². The normalized spacial score (nSPS) is 12.6. The van der Waals surface area contributed by atoms with Crippen molar-refractivity contribution in [1.82, 2.24) is 0 Å². The quantitative estimate of drug-likeness (QED) is 0.377. The van der Waals surface area contributed by atoms with Crippen molar-refractivity contribution in [3.05, 3.63) is 35.9 Å². The third-order valence-electron chi connectivity index (χ3n) is 3.66. The van der Waals surface area contributed by atoms with Gasteiger partial charge in [0.2, 0.25) is 0 Å². The zero-order valence-corrected chi connectivity index (χ0v) is 15.1. The highest BCUT2D eigenvalue weighted by Crippen LogP contribution is 2.35. The molecule has 1 aromatic rings. The highest BCUT2D eigenvalue weighted by atomic mass is 16.6. The minimum Gasteiger partial charge on any atom is -0.465 e. The van der Waals surface area contributed by atoms with Crippen molar-refractivity contribution >= 4 is 17.9 Å². The number of benzene rings is 1. The summed E-state index contributed by atoms with van der Waals surface area (Å²) >= 11 is 0. The van der Waals surface area contributed by atoms with E-state index in [1.807, 2.05) is 6.07 Å². The van der Waals surface area contributed by atoms with Gasteiger partial charge in [0.1, 0.15) is 0 Å². The SMILES string of the molecule is CCOC(=O)C(C(=O)OCC)[C@H](c1ccccc1)[C@@H](C#N)C(=O)OCC. The molecule has 7 nitrogen and oxygen atoms in total. The van der Waals surface area contributed by atoms with Gasteiger partial charge in [-0.2, -0.15) is 5.26 Å². The van der Waals surface area contributed by atoms with E-state index in [0.717, 1.165) is 0 Å². The van der Waals surface area contributed by atoms with Crippen molar-refractivity contribution in [3.63, 3.8) is 0 Å². The average Bonchev–Trinajstić information content (AvgIpc) is 2.63. The topological polar surface area (TPSA) is 103 Å². The number of nitriles is 1. The van der Waals surface area contributed by atoms with Crippen LogP contribution in [0.25, 0.3) is 0 Å². The summed E-state index contributed by atoms with van der Waals surface area (Å²) in [5.41, 5.74) is 0.471. The van der Waals surface area contributed by atoms with Crippen molar-refractivity contribution in [1.29, 1.82) is 5.26 Å². The molecule has 0 saturated heterocycles. The third-order valence-corrected chi connectivity index (χ3v) is 3.66. The Morgan fingerprint density at radius 1 is 0.885 bits per heavy atom. The summed E-state index contributed by atoms with van der Waals surface area (Å²) in [4.78, 5) is 37.3. The van der Waals surface area contributed by atoms with Crippen molar-refractivity contribution in [2.75, 3.05) is 19.8 Å². The van der Waals surface area contributed by atoms with E-state index in [1.165, 1.54) is 0 Å². The Labute approximate surface area is 152 Å². The van der Waals surface area contributed by atoms with Crippen LogP contribution in [-0.4, -0.2) is 37.7 Å². The number of hydrogen-bond donors (Lipinski definition) is 0. The molecule has 2 atom stereocenters. The van der Waals surface area contributed by atoms with Crippen LogP contribution in [0.4, 0.5) is 0 Å². The molecule has 7 heteroatoms. The Morgan fingerprint density at radius 2 is 1.35 bits per heavy atom. The van der Waals surface area contributed by atoms with Gasteiger partial charge < -0.3 is 14.2 Å². The highest BCUT2D eigenvalue weighted by Gasteiger charge is 2.46. The molecule has 0 saturated carbocycles. The Balaban J connectivity index is 3.47. The Morgan fingerprint density at radius 3 is 1.77 bits per heavy atom. The fraction of sp³-hybridized carbons (Fsp3) is 0.474. The maximum atomic E-state index is 12.5. The monoisotopic (exact) mass is 361 g/mol. The maximum Gasteiger partial charge on any atom is 0.324 e. The zero-order chi connectivity index (χ0) is 19.5. The molecule has 0 spiro atoms. The first-order valence-corrected chi connectivity index (χ1v) is 8.46.